The van der Waals surface area contributed by atoms with Crippen LogP contribution in [0.15, 0.2) is 46.9 Å². The molecule has 0 spiro atoms. The first-order valence-corrected chi connectivity index (χ1v) is 4.71. The van der Waals surface area contributed by atoms with Crippen LogP contribution in [0.1, 0.15) is 5.56 Å². The Bertz CT molecular complexity index is 468. The summed E-state index contributed by atoms with van der Waals surface area (Å²) in [6, 6.07) is 7.88. The van der Waals surface area contributed by atoms with Gasteiger partial charge in [-0.05, 0) is 19.1 Å². The number of aromatic nitrogens is 2. The predicted octanol–water partition coefficient (Wildman–Crippen LogP) is 3.14. The van der Waals surface area contributed by atoms with Gasteiger partial charge in [0.25, 0.3) is 0 Å². The second kappa shape index (κ2) is 4.04. The van der Waals surface area contributed by atoms with Crippen molar-refractivity contribution in [1.82, 2.24) is 9.55 Å². The topological polar surface area (TPSA) is 42.5 Å². The van der Waals surface area contributed by atoms with Crippen LogP contribution < -0.4 is 0 Å². The van der Waals surface area contributed by atoms with E-state index in [0.29, 0.717) is 5.95 Å². The Labute approximate surface area is 88.3 Å². The fraction of sp³-hybridized carbons (Fsp3) is 0.182. The van der Waals surface area contributed by atoms with Crippen molar-refractivity contribution in [2.75, 3.05) is 0 Å². The number of nitrogens with zero attached hydrogens (tertiary/aromatic N) is 4. The number of aryl methyl sites for hydroxylation is 2. The highest BCUT2D eigenvalue weighted by atomic mass is 15.2. The van der Waals surface area contributed by atoms with E-state index in [1.165, 1.54) is 5.56 Å². The average Bonchev–Trinajstić information content (AvgIpc) is 2.63. The molecule has 4 nitrogen and oxygen atoms in total. The first kappa shape index (κ1) is 9.58. The van der Waals surface area contributed by atoms with Gasteiger partial charge >= 0.3 is 0 Å². The van der Waals surface area contributed by atoms with E-state index in [2.05, 4.69) is 15.2 Å². The van der Waals surface area contributed by atoms with Gasteiger partial charge in [-0.2, -0.15) is 0 Å². The van der Waals surface area contributed by atoms with Gasteiger partial charge in [0, 0.05) is 19.4 Å². The van der Waals surface area contributed by atoms with Gasteiger partial charge < -0.3 is 4.57 Å². The van der Waals surface area contributed by atoms with E-state index >= 15 is 0 Å². The lowest BCUT2D eigenvalue weighted by Gasteiger charge is -1.94. The summed E-state index contributed by atoms with van der Waals surface area (Å²) in [4.78, 5) is 4.05. The molecular weight excluding hydrogens is 188 g/mol. The summed E-state index contributed by atoms with van der Waals surface area (Å²) in [5.74, 6) is 0.607. The summed E-state index contributed by atoms with van der Waals surface area (Å²) < 4.78 is 1.82. The molecule has 1 aromatic heterocycles. The van der Waals surface area contributed by atoms with Crippen LogP contribution in [0.5, 0.6) is 0 Å². The van der Waals surface area contributed by atoms with Crippen LogP contribution in [-0.2, 0) is 7.05 Å². The van der Waals surface area contributed by atoms with Crippen LogP contribution in [0.2, 0.25) is 0 Å². The lowest BCUT2D eigenvalue weighted by atomic mass is 10.2. The summed E-state index contributed by atoms with van der Waals surface area (Å²) in [7, 11) is 1.89. The number of azo groups is 1. The smallest absolute Gasteiger partial charge is 0.249 e. The highest BCUT2D eigenvalue weighted by Gasteiger charge is 1.94. The third-order valence-electron chi connectivity index (χ3n) is 2.08. The molecule has 0 fully saturated rings. The van der Waals surface area contributed by atoms with E-state index < -0.39 is 0 Å². The number of hydrogen-bond donors (Lipinski definition) is 0. The van der Waals surface area contributed by atoms with E-state index in [0.717, 1.165) is 5.69 Å². The third-order valence-corrected chi connectivity index (χ3v) is 2.08. The molecule has 0 aliphatic carbocycles. The van der Waals surface area contributed by atoms with Crippen molar-refractivity contribution in [1.29, 1.82) is 0 Å². The van der Waals surface area contributed by atoms with E-state index in [1.807, 2.05) is 49.0 Å². The summed E-state index contributed by atoms with van der Waals surface area (Å²) in [6.45, 7) is 2.04. The lowest BCUT2D eigenvalue weighted by Crippen LogP contribution is -1.81. The molecule has 0 radical (unpaired) electrons. The van der Waals surface area contributed by atoms with E-state index in [1.54, 1.807) is 6.20 Å². The molecule has 1 aromatic carbocycles. The van der Waals surface area contributed by atoms with E-state index in [4.69, 9.17) is 0 Å². The van der Waals surface area contributed by atoms with Crippen LogP contribution in [0.3, 0.4) is 0 Å². The maximum absolute atomic E-state index is 4.09. The highest BCUT2D eigenvalue weighted by Crippen LogP contribution is 2.16. The molecule has 2 aromatic rings. The fourth-order valence-electron chi connectivity index (χ4n) is 1.17. The molecule has 2 rings (SSSR count). The molecule has 15 heavy (non-hydrogen) atoms. The Morgan fingerprint density at radius 3 is 2.47 bits per heavy atom. The zero-order chi connectivity index (χ0) is 10.7. The largest absolute Gasteiger partial charge is 0.317 e. The maximum Gasteiger partial charge on any atom is 0.249 e. The van der Waals surface area contributed by atoms with Crippen molar-refractivity contribution in [3.8, 4) is 0 Å². The first-order chi connectivity index (χ1) is 7.25. The maximum atomic E-state index is 4.09. The van der Waals surface area contributed by atoms with Gasteiger partial charge in [-0.25, -0.2) is 4.98 Å². The SMILES string of the molecule is Cc1ccc(/N=N/c2nccn2C)cc1. The molecule has 0 N–H and O–H groups in total. The van der Waals surface area contributed by atoms with Crippen LogP contribution in [-0.4, -0.2) is 9.55 Å². The number of benzene rings is 1. The van der Waals surface area contributed by atoms with Gasteiger partial charge in [0.2, 0.25) is 5.95 Å². The normalized spacial score (nSPS) is 11.1. The Morgan fingerprint density at radius 1 is 1.13 bits per heavy atom. The second-order valence-corrected chi connectivity index (χ2v) is 3.37. The molecule has 1 heterocycles. The van der Waals surface area contributed by atoms with Crippen molar-refractivity contribution >= 4 is 11.6 Å². The Hall–Kier alpha value is -1.97. The molecule has 0 amide bonds. The van der Waals surface area contributed by atoms with Gasteiger partial charge in [0.15, 0.2) is 0 Å². The molecule has 0 aliphatic heterocycles. The van der Waals surface area contributed by atoms with Crippen molar-refractivity contribution in [2.24, 2.45) is 17.3 Å². The monoisotopic (exact) mass is 200 g/mol. The predicted molar refractivity (Wildman–Crippen MR) is 58.6 cm³/mol. The molecule has 0 aliphatic rings. The van der Waals surface area contributed by atoms with Gasteiger partial charge in [0.1, 0.15) is 0 Å². The van der Waals surface area contributed by atoms with Gasteiger partial charge in [-0.15, -0.1) is 10.2 Å². The molecule has 0 atom stereocenters. The summed E-state index contributed by atoms with van der Waals surface area (Å²) in [5, 5.41) is 8.13. The van der Waals surface area contributed by atoms with Crippen LogP contribution in [0.25, 0.3) is 0 Å². The highest BCUT2D eigenvalue weighted by molar-refractivity contribution is 5.38. The Kier molecular flexibility index (Phi) is 2.58. The van der Waals surface area contributed by atoms with Crippen molar-refractivity contribution in [2.45, 2.75) is 6.92 Å². The summed E-state index contributed by atoms with van der Waals surface area (Å²) in [6.07, 6.45) is 3.53. The minimum Gasteiger partial charge on any atom is -0.317 e. The quantitative estimate of drug-likeness (QED) is 0.686. The molecule has 0 unspecified atom stereocenters. The number of hydrogen-bond acceptors (Lipinski definition) is 3. The summed E-state index contributed by atoms with van der Waals surface area (Å²) in [5.41, 5.74) is 2.05. The zero-order valence-corrected chi connectivity index (χ0v) is 8.75. The molecule has 0 bridgehead atoms. The molecule has 76 valence electrons. The first-order valence-electron chi connectivity index (χ1n) is 4.71. The van der Waals surface area contributed by atoms with Gasteiger partial charge in [-0.3, -0.25) is 0 Å². The standard InChI is InChI=1S/C11H12N4/c1-9-3-5-10(6-4-9)13-14-11-12-7-8-15(11)2/h3-8H,1-2H3/b14-13+. The zero-order valence-electron chi connectivity index (χ0n) is 8.75. The second-order valence-electron chi connectivity index (χ2n) is 3.37. The fourth-order valence-corrected chi connectivity index (χ4v) is 1.17. The van der Waals surface area contributed by atoms with Crippen LogP contribution in [0, 0.1) is 6.92 Å². The molecule has 0 saturated carbocycles. The molecule has 4 heteroatoms. The molecular formula is C11H12N4. The summed E-state index contributed by atoms with van der Waals surface area (Å²) >= 11 is 0. The Morgan fingerprint density at radius 2 is 1.87 bits per heavy atom. The lowest BCUT2D eigenvalue weighted by molar-refractivity contribution is 0.893. The third kappa shape index (κ3) is 2.28. The minimum atomic E-state index is 0.607. The van der Waals surface area contributed by atoms with Crippen LogP contribution >= 0.6 is 0 Å². The van der Waals surface area contributed by atoms with Gasteiger partial charge in [0.05, 0.1) is 5.69 Å². The molecule has 0 saturated heterocycles. The number of imidazole rings is 1. The van der Waals surface area contributed by atoms with Crippen molar-refractivity contribution in [3.63, 3.8) is 0 Å². The van der Waals surface area contributed by atoms with E-state index in [-0.39, 0.29) is 0 Å². The average molecular weight is 200 g/mol. The Balaban J connectivity index is 2.19. The van der Waals surface area contributed by atoms with E-state index in [9.17, 15) is 0 Å². The van der Waals surface area contributed by atoms with Crippen molar-refractivity contribution < 1.29 is 0 Å². The number of rotatable bonds is 2. The van der Waals surface area contributed by atoms with Crippen LogP contribution in [0.4, 0.5) is 11.6 Å². The van der Waals surface area contributed by atoms with Crippen molar-refractivity contribution in [3.05, 3.63) is 42.2 Å². The minimum absolute atomic E-state index is 0.607. The van der Waals surface area contributed by atoms with Gasteiger partial charge in [-0.1, -0.05) is 17.7 Å².